The second-order valence-corrected chi connectivity index (χ2v) is 5.08. The van der Waals surface area contributed by atoms with Crippen LogP contribution in [0, 0.1) is 0 Å². The third kappa shape index (κ3) is 5.07. The molecule has 0 aliphatic rings. The van der Waals surface area contributed by atoms with Crippen molar-refractivity contribution in [3.63, 3.8) is 0 Å². The topological polar surface area (TPSA) is 39.2 Å². The SMILES string of the molecule is CCC(C(=O)OC)c1cccc2ccccc12.Cl.c1ccncc1. The second kappa shape index (κ2) is 10.4. The van der Waals surface area contributed by atoms with Crippen molar-refractivity contribution in [2.45, 2.75) is 19.3 Å². The van der Waals surface area contributed by atoms with E-state index in [1.807, 2.05) is 49.4 Å². The predicted octanol–water partition coefficient (Wildman–Crippen LogP) is 5.01. The van der Waals surface area contributed by atoms with Crippen molar-refractivity contribution < 1.29 is 9.53 Å². The van der Waals surface area contributed by atoms with Crippen LogP contribution in [-0.4, -0.2) is 18.1 Å². The summed E-state index contributed by atoms with van der Waals surface area (Å²) in [6.07, 6.45) is 4.25. The molecule has 126 valence electrons. The van der Waals surface area contributed by atoms with Gasteiger partial charge < -0.3 is 4.74 Å². The highest BCUT2D eigenvalue weighted by atomic mass is 35.5. The molecule has 1 unspecified atom stereocenters. The molecule has 0 spiro atoms. The Kier molecular flexibility index (Phi) is 8.52. The smallest absolute Gasteiger partial charge is 0.313 e. The van der Waals surface area contributed by atoms with E-state index in [-0.39, 0.29) is 24.3 Å². The summed E-state index contributed by atoms with van der Waals surface area (Å²) in [5, 5.41) is 2.29. The van der Waals surface area contributed by atoms with Crippen LogP contribution in [0.3, 0.4) is 0 Å². The Hall–Kier alpha value is -2.39. The molecular formula is C20H22ClNO2. The summed E-state index contributed by atoms with van der Waals surface area (Å²) in [5.41, 5.74) is 1.05. The number of aromatic nitrogens is 1. The zero-order valence-corrected chi connectivity index (χ0v) is 14.7. The van der Waals surface area contributed by atoms with E-state index in [1.165, 1.54) is 7.11 Å². The summed E-state index contributed by atoms with van der Waals surface area (Å²) in [6, 6.07) is 19.9. The molecule has 0 bridgehead atoms. The number of carbonyl (C=O) groups excluding carboxylic acids is 1. The van der Waals surface area contributed by atoms with Gasteiger partial charge in [-0.05, 0) is 34.9 Å². The van der Waals surface area contributed by atoms with E-state index in [2.05, 4.69) is 23.2 Å². The van der Waals surface area contributed by atoms with Gasteiger partial charge in [-0.25, -0.2) is 0 Å². The first kappa shape index (κ1) is 19.7. The summed E-state index contributed by atoms with van der Waals surface area (Å²) in [4.78, 5) is 15.5. The Morgan fingerprint density at radius 1 is 1.00 bits per heavy atom. The quantitative estimate of drug-likeness (QED) is 0.627. The van der Waals surface area contributed by atoms with E-state index in [1.54, 1.807) is 12.4 Å². The zero-order valence-electron chi connectivity index (χ0n) is 13.9. The average molecular weight is 344 g/mol. The molecule has 24 heavy (non-hydrogen) atoms. The van der Waals surface area contributed by atoms with E-state index in [4.69, 9.17) is 4.74 Å². The Labute approximate surface area is 149 Å². The molecule has 1 heterocycles. The molecule has 0 saturated carbocycles. The zero-order chi connectivity index (χ0) is 16.5. The van der Waals surface area contributed by atoms with Gasteiger partial charge in [0.25, 0.3) is 0 Å². The van der Waals surface area contributed by atoms with Crippen molar-refractivity contribution >= 4 is 29.1 Å². The average Bonchev–Trinajstić information content (AvgIpc) is 2.64. The molecule has 2 aromatic carbocycles. The number of hydrogen-bond acceptors (Lipinski definition) is 3. The largest absolute Gasteiger partial charge is 0.469 e. The fraction of sp³-hybridized carbons (Fsp3) is 0.200. The first-order valence-corrected chi connectivity index (χ1v) is 7.68. The molecule has 3 nitrogen and oxygen atoms in total. The summed E-state index contributed by atoms with van der Waals surface area (Å²) in [7, 11) is 1.44. The van der Waals surface area contributed by atoms with Crippen LogP contribution in [0.5, 0.6) is 0 Å². The highest BCUT2D eigenvalue weighted by molar-refractivity contribution is 5.91. The molecule has 0 amide bonds. The lowest BCUT2D eigenvalue weighted by Gasteiger charge is -2.15. The van der Waals surface area contributed by atoms with Crippen molar-refractivity contribution in [1.29, 1.82) is 0 Å². The lowest BCUT2D eigenvalue weighted by molar-refractivity contribution is -0.142. The van der Waals surface area contributed by atoms with Crippen LogP contribution in [0.2, 0.25) is 0 Å². The van der Waals surface area contributed by atoms with Gasteiger partial charge in [0.15, 0.2) is 0 Å². The number of rotatable bonds is 3. The summed E-state index contributed by atoms with van der Waals surface area (Å²) < 4.78 is 4.87. The lowest BCUT2D eigenvalue weighted by Crippen LogP contribution is -2.13. The van der Waals surface area contributed by atoms with Gasteiger partial charge in [0.05, 0.1) is 13.0 Å². The third-order valence-corrected chi connectivity index (χ3v) is 3.66. The summed E-state index contributed by atoms with van der Waals surface area (Å²) in [6.45, 7) is 2.00. The predicted molar refractivity (Wildman–Crippen MR) is 100 cm³/mol. The molecule has 0 aliphatic carbocycles. The Bertz CT molecular complexity index is 715. The maximum Gasteiger partial charge on any atom is 0.313 e. The van der Waals surface area contributed by atoms with Gasteiger partial charge in [0.2, 0.25) is 0 Å². The highest BCUT2D eigenvalue weighted by Crippen LogP contribution is 2.28. The van der Waals surface area contributed by atoms with E-state index in [9.17, 15) is 4.79 Å². The molecule has 0 radical (unpaired) electrons. The van der Waals surface area contributed by atoms with Crippen LogP contribution in [-0.2, 0) is 9.53 Å². The standard InChI is InChI=1S/C15H16O2.C5H5N.ClH/c1-3-12(15(16)17-2)14-10-6-8-11-7-4-5-9-13(11)14;1-2-4-6-5-3-1;/h4-10,12H,3H2,1-2H3;1-5H;1H. The van der Waals surface area contributed by atoms with Crippen LogP contribution in [0.1, 0.15) is 24.8 Å². The van der Waals surface area contributed by atoms with Crippen LogP contribution < -0.4 is 0 Å². The second-order valence-electron chi connectivity index (χ2n) is 5.08. The molecule has 1 atom stereocenters. The number of nitrogens with zero attached hydrogens (tertiary/aromatic N) is 1. The number of hydrogen-bond donors (Lipinski definition) is 0. The number of carbonyl (C=O) groups is 1. The molecule has 0 N–H and O–H groups in total. The van der Waals surface area contributed by atoms with Crippen molar-refractivity contribution in [3.05, 3.63) is 78.6 Å². The van der Waals surface area contributed by atoms with Crippen LogP contribution in [0.4, 0.5) is 0 Å². The summed E-state index contributed by atoms with van der Waals surface area (Å²) in [5.74, 6) is -0.338. The van der Waals surface area contributed by atoms with E-state index < -0.39 is 0 Å². The first-order valence-electron chi connectivity index (χ1n) is 7.68. The first-order chi connectivity index (χ1) is 11.3. The van der Waals surface area contributed by atoms with Crippen molar-refractivity contribution in [3.8, 4) is 0 Å². The van der Waals surface area contributed by atoms with Gasteiger partial charge in [-0.2, -0.15) is 0 Å². The van der Waals surface area contributed by atoms with E-state index >= 15 is 0 Å². The van der Waals surface area contributed by atoms with Crippen LogP contribution in [0.25, 0.3) is 10.8 Å². The lowest BCUT2D eigenvalue weighted by atomic mass is 9.91. The van der Waals surface area contributed by atoms with Gasteiger partial charge in [0, 0.05) is 12.4 Å². The van der Waals surface area contributed by atoms with Gasteiger partial charge >= 0.3 is 5.97 Å². The monoisotopic (exact) mass is 343 g/mol. The summed E-state index contributed by atoms with van der Waals surface area (Å²) >= 11 is 0. The van der Waals surface area contributed by atoms with Crippen molar-refractivity contribution in [2.75, 3.05) is 7.11 Å². The molecular weight excluding hydrogens is 322 g/mol. The van der Waals surface area contributed by atoms with E-state index in [0.717, 1.165) is 22.8 Å². The Balaban J connectivity index is 0.000000349. The van der Waals surface area contributed by atoms with Gasteiger partial charge in [-0.1, -0.05) is 55.5 Å². The van der Waals surface area contributed by atoms with Crippen molar-refractivity contribution in [2.24, 2.45) is 0 Å². The number of methoxy groups -OCH3 is 1. The number of fused-ring (bicyclic) bond motifs is 1. The number of pyridine rings is 1. The normalized spacial score (nSPS) is 10.8. The minimum atomic E-state index is -0.175. The van der Waals surface area contributed by atoms with Gasteiger partial charge in [-0.15, -0.1) is 12.4 Å². The molecule has 4 heteroatoms. The molecule has 0 saturated heterocycles. The molecule has 3 aromatic rings. The fourth-order valence-corrected chi connectivity index (χ4v) is 2.52. The van der Waals surface area contributed by atoms with Crippen molar-refractivity contribution in [1.82, 2.24) is 4.98 Å². The van der Waals surface area contributed by atoms with Crippen LogP contribution in [0.15, 0.2) is 73.1 Å². The third-order valence-electron chi connectivity index (χ3n) is 3.66. The van der Waals surface area contributed by atoms with E-state index in [0.29, 0.717) is 0 Å². The minimum absolute atomic E-state index is 0. The molecule has 3 rings (SSSR count). The number of esters is 1. The number of benzene rings is 2. The molecule has 0 aliphatic heterocycles. The maximum atomic E-state index is 11.8. The molecule has 0 fully saturated rings. The minimum Gasteiger partial charge on any atom is -0.469 e. The number of halogens is 1. The number of ether oxygens (including phenoxy) is 1. The van der Waals surface area contributed by atoms with Gasteiger partial charge in [0.1, 0.15) is 0 Å². The fourth-order valence-electron chi connectivity index (χ4n) is 2.52. The highest BCUT2D eigenvalue weighted by Gasteiger charge is 2.20. The Morgan fingerprint density at radius 3 is 2.21 bits per heavy atom. The van der Waals surface area contributed by atoms with Gasteiger partial charge in [-0.3, -0.25) is 9.78 Å². The maximum absolute atomic E-state index is 11.8. The van der Waals surface area contributed by atoms with Crippen LogP contribution >= 0.6 is 12.4 Å². The molecule has 1 aromatic heterocycles. The Morgan fingerprint density at radius 2 is 1.67 bits per heavy atom.